The van der Waals surface area contributed by atoms with E-state index in [0.717, 1.165) is 25.1 Å². The number of halogens is 3. The summed E-state index contributed by atoms with van der Waals surface area (Å²) >= 11 is 1.06. The van der Waals surface area contributed by atoms with Crippen molar-refractivity contribution in [2.45, 2.75) is 35.1 Å². The molecule has 0 radical (unpaired) electrons. The first-order valence-electron chi connectivity index (χ1n) is 9.13. The lowest BCUT2D eigenvalue weighted by Crippen LogP contribution is -2.49. The van der Waals surface area contributed by atoms with Crippen LogP contribution in [-0.4, -0.2) is 62.5 Å². The number of hydrogen-bond acceptors (Lipinski definition) is 8. The summed E-state index contributed by atoms with van der Waals surface area (Å²) in [7, 11) is -2.42. The lowest BCUT2D eigenvalue weighted by atomic mass is 10.2. The van der Waals surface area contributed by atoms with E-state index in [0.29, 0.717) is 18.8 Å². The summed E-state index contributed by atoms with van der Waals surface area (Å²) in [5, 5.41) is 0. The number of hydrogen-bond donors (Lipinski definition) is 0. The van der Waals surface area contributed by atoms with Gasteiger partial charge in [-0.1, -0.05) is 0 Å². The molecule has 0 N–H and O–H groups in total. The van der Waals surface area contributed by atoms with Crippen LogP contribution >= 0.6 is 11.9 Å². The Balaban J connectivity index is 1.82. The van der Waals surface area contributed by atoms with Gasteiger partial charge in [-0.15, -0.1) is 0 Å². The van der Waals surface area contributed by atoms with Gasteiger partial charge in [-0.3, -0.25) is 4.98 Å². The maximum absolute atomic E-state index is 13.0. The lowest BCUT2D eigenvalue weighted by molar-refractivity contribution is -0.189. The molecule has 1 aliphatic heterocycles. The van der Waals surface area contributed by atoms with Gasteiger partial charge in [0.1, 0.15) is 27.4 Å². The average Bonchev–Trinajstić information content (AvgIpc) is 2.66. The Morgan fingerprint density at radius 3 is 2.39 bits per heavy atom. The zero-order valence-corrected chi connectivity index (χ0v) is 18.6. The molecule has 0 aliphatic carbocycles. The van der Waals surface area contributed by atoms with Crippen LogP contribution in [0.4, 0.5) is 13.2 Å². The molecule has 0 saturated carbocycles. The van der Waals surface area contributed by atoms with Gasteiger partial charge >= 0.3 is 6.18 Å². The van der Waals surface area contributed by atoms with Crippen molar-refractivity contribution in [2.75, 3.05) is 26.5 Å². The van der Waals surface area contributed by atoms with Crippen LogP contribution in [0.1, 0.15) is 6.92 Å². The largest absolute Gasteiger partial charge is 0.494 e. The maximum Gasteiger partial charge on any atom is 0.425 e. The van der Waals surface area contributed by atoms with Crippen molar-refractivity contribution < 1.29 is 35.8 Å². The number of nitrogens with zero attached hydrogens (tertiary/aromatic N) is 2. The molecule has 2 aromatic rings. The summed E-state index contributed by atoms with van der Waals surface area (Å²) in [6.45, 7) is 1.81. The summed E-state index contributed by atoms with van der Waals surface area (Å²) in [6, 6.07) is 5.84. The molecular weight excluding hydrogens is 457 g/mol. The van der Waals surface area contributed by atoms with Crippen molar-refractivity contribution in [3.05, 3.63) is 36.7 Å². The Hall–Kier alpha value is -2.18. The fourth-order valence-corrected chi connectivity index (χ4v) is 4.86. The van der Waals surface area contributed by atoms with Gasteiger partial charge in [0.25, 0.3) is 0 Å². The van der Waals surface area contributed by atoms with Gasteiger partial charge in [0.2, 0.25) is 0 Å². The molecule has 1 aromatic carbocycles. The third-order valence-corrected chi connectivity index (χ3v) is 6.64. The molecule has 7 nitrogen and oxygen atoms in total. The first-order valence-corrected chi connectivity index (χ1v) is 11.8. The number of pyridine rings is 1. The van der Waals surface area contributed by atoms with Crippen LogP contribution in [0, 0.1) is 0 Å². The molecule has 3 rings (SSSR count). The van der Waals surface area contributed by atoms with E-state index >= 15 is 0 Å². The van der Waals surface area contributed by atoms with Crippen LogP contribution in [0.15, 0.2) is 46.5 Å². The number of methoxy groups -OCH3 is 1. The first-order chi connectivity index (χ1) is 14.5. The van der Waals surface area contributed by atoms with E-state index in [4.69, 9.17) is 14.2 Å². The van der Waals surface area contributed by atoms with Crippen molar-refractivity contribution >= 4 is 21.8 Å². The minimum atomic E-state index is -4.58. The normalized spacial score (nSPS) is 16.5. The molecule has 170 valence electrons. The predicted molar refractivity (Wildman–Crippen MR) is 108 cm³/mol. The van der Waals surface area contributed by atoms with Gasteiger partial charge in [0.15, 0.2) is 21.7 Å². The molecule has 1 atom stereocenters. The van der Waals surface area contributed by atoms with E-state index in [1.165, 1.54) is 19.2 Å². The third kappa shape index (κ3) is 5.74. The van der Waals surface area contributed by atoms with Crippen LogP contribution in [-0.2, 0) is 9.84 Å². The maximum atomic E-state index is 13.0. The van der Waals surface area contributed by atoms with E-state index in [9.17, 15) is 21.6 Å². The second kappa shape index (κ2) is 9.13. The molecular formula is C19H21F3N2O5S2. The second-order valence-electron chi connectivity index (χ2n) is 6.86. The quantitative estimate of drug-likeness (QED) is 0.533. The minimum Gasteiger partial charge on any atom is -0.494 e. The smallest absolute Gasteiger partial charge is 0.425 e. The van der Waals surface area contributed by atoms with Crippen LogP contribution in [0.2, 0.25) is 0 Å². The predicted octanol–water partition coefficient (Wildman–Crippen LogP) is 3.59. The number of alkyl halides is 3. The summed E-state index contributed by atoms with van der Waals surface area (Å²) in [6.07, 6.45) is -2.58. The standard InChI is InChI=1S/C19H21F3N2O5S2/c1-12(19(20,21)22)28-15-4-5-16(31(3,25)26)17(27-2)18(15)30-24-10-14(11-24)29-13-6-8-23-9-7-13/h4-9,12,14H,10-11H2,1-3H3/t12-/m0/s1. The highest BCUT2D eigenvalue weighted by atomic mass is 32.2. The van der Waals surface area contributed by atoms with E-state index in [2.05, 4.69) is 4.98 Å². The van der Waals surface area contributed by atoms with Gasteiger partial charge in [-0.05, 0) is 43.1 Å². The molecule has 0 spiro atoms. The Bertz CT molecular complexity index is 1010. The van der Waals surface area contributed by atoms with Gasteiger partial charge < -0.3 is 14.2 Å². The Morgan fingerprint density at radius 2 is 1.84 bits per heavy atom. The second-order valence-corrected chi connectivity index (χ2v) is 9.95. The van der Waals surface area contributed by atoms with Crippen LogP contribution in [0.5, 0.6) is 17.2 Å². The molecule has 12 heteroatoms. The molecule has 1 fully saturated rings. The van der Waals surface area contributed by atoms with Crippen LogP contribution in [0.25, 0.3) is 0 Å². The van der Waals surface area contributed by atoms with Crippen molar-refractivity contribution in [3.63, 3.8) is 0 Å². The van der Waals surface area contributed by atoms with Gasteiger partial charge in [-0.25, -0.2) is 12.7 Å². The Kier molecular flexibility index (Phi) is 6.92. The van der Waals surface area contributed by atoms with Crippen molar-refractivity contribution in [3.8, 4) is 17.2 Å². The topological polar surface area (TPSA) is 78.0 Å². The van der Waals surface area contributed by atoms with E-state index < -0.39 is 22.1 Å². The van der Waals surface area contributed by atoms with Gasteiger partial charge in [-0.2, -0.15) is 13.2 Å². The summed E-state index contributed by atoms with van der Waals surface area (Å²) in [4.78, 5) is 3.94. The molecule has 31 heavy (non-hydrogen) atoms. The monoisotopic (exact) mass is 478 g/mol. The summed E-state index contributed by atoms with van der Waals surface area (Å²) < 4.78 is 81.4. The average molecular weight is 479 g/mol. The fourth-order valence-electron chi connectivity index (χ4n) is 2.74. The summed E-state index contributed by atoms with van der Waals surface area (Å²) in [5.41, 5.74) is 0. The number of benzene rings is 1. The first kappa shape index (κ1) is 23.5. The van der Waals surface area contributed by atoms with E-state index in [1.807, 2.05) is 4.31 Å². The van der Waals surface area contributed by atoms with Gasteiger partial charge in [0, 0.05) is 31.7 Å². The zero-order chi connectivity index (χ0) is 22.8. The number of rotatable bonds is 8. The highest BCUT2D eigenvalue weighted by Gasteiger charge is 2.39. The molecule has 1 aromatic heterocycles. The zero-order valence-electron chi connectivity index (χ0n) is 16.9. The Labute approximate surface area is 182 Å². The fraction of sp³-hybridized carbons (Fsp3) is 0.421. The summed E-state index contributed by atoms with van der Waals surface area (Å²) in [5.74, 6) is 0.486. The Morgan fingerprint density at radius 1 is 1.19 bits per heavy atom. The minimum absolute atomic E-state index is 0.0575. The third-order valence-electron chi connectivity index (χ3n) is 4.40. The molecule has 0 unspecified atom stereocenters. The van der Waals surface area contributed by atoms with Crippen LogP contribution in [0.3, 0.4) is 0 Å². The highest BCUT2D eigenvalue weighted by Crippen LogP contribution is 2.45. The lowest BCUT2D eigenvalue weighted by Gasteiger charge is -2.38. The number of ether oxygens (including phenoxy) is 3. The van der Waals surface area contributed by atoms with Crippen molar-refractivity contribution in [1.82, 2.24) is 9.29 Å². The van der Waals surface area contributed by atoms with Crippen molar-refractivity contribution in [2.24, 2.45) is 0 Å². The molecule has 0 amide bonds. The molecule has 1 saturated heterocycles. The highest BCUT2D eigenvalue weighted by molar-refractivity contribution is 7.97. The number of aromatic nitrogens is 1. The number of sulfone groups is 1. The van der Waals surface area contributed by atoms with E-state index in [-0.39, 0.29) is 27.4 Å². The molecule has 2 heterocycles. The SMILES string of the molecule is COc1c(S(C)(=O)=O)ccc(O[C@@H](C)C(F)(F)F)c1SN1CC(Oc2ccncc2)C1. The van der Waals surface area contributed by atoms with Gasteiger partial charge in [0.05, 0.1) is 7.11 Å². The van der Waals surface area contributed by atoms with E-state index in [1.54, 1.807) is 24.5 Å². The van der Waals surface area contributed by atoms with Crippen molar-refractivity contribution in [1.29, 1.82) is 0 Å². The van der Waals surface area contributed by atoms with Crippen LogP contribution < -0.4 is 14.2 Å². The molecule has 0 bridgehead atoms. The molecule has 1 aliphatic rings.